The van der Waals surface area contributed by atoms with E-state index in [0.717, 1.165) is 54.0 Å². The van der Waals surface area contributed by atoms with Gasteiger partial charge in [0.2, 0.25) is 5.91 Å². The Balaban J connectivity index is 1.86. The molecule has 1 aromatic carbocycles. The molecule has 178 valence electrons. The van der Waals surface area contributed by atoms with Gasteiger partial charge in [0.15, 0.2) is 0 Å². The number of likely N-dealkylation sites (N-methyl/N-ethyl adjacent to an activating group) is 1. The number of aromatic nitrogens is 3. The lowest BCUT2D eigenvalue weighted by molar-refractivity contribution is -0.121. The van der Waals surface area contributed by atoms with Crippen molar-refractivity contribution in [3.05, 3.63) is 55.8 Å². The minimum Gasteiger partial charge on any atom is -0.373 e. The Morgan fingerprint density at radius 1 is 1.21 bits per heavy atom. The van der Waals surface area contributed by atoms with E-state index >= 15 is 0 Å². The van der Waals surface area contributed by atoms with Gasteiger partial charge in [-0.2, -0.15) is 9.78 Å². The molecule has 0 aliphatic heterocycles. The molecule has 0 spiro atoms. The van der Waals surface area contributed by atoms with Crippen LogP contribution in [0.15, 0.2) is 34.0 Å². The van der Waals surface area contributed by atoms with Crippen molar-refractivity contribution in [2.24, 2.45) is 5.92 Å². The highest BCUT2D eigenvalue weighted by molar-refractivity contribution is 6.33. The normalized spacial score (nSPS) is 15.5. The first-order chi connectivity index (χ1) is 15.8. The summed E-state index contributed by atoms with van der Waals surface area (Å²) in [5, 5.41) is 19.6. The summed E-state index contributed by atoms with van der Waals surface area (Å²) < 4.78 is 1.66. The van der Waals surface area contributed by atoms with Gasteiger partial charge in [0, 0.05) is 12.5 Å². The summed E-state index contributed by atoms with van der Waals surface area (Å²) in [6, 6.07) is 4.25. The average molecular weight is 478 g/mol. The van der Waals surface area contributed by atoms with E-state index in [4.69, 9.17) is 11.6 Å². The second-order valence-electron chi connectivity index (χ2n) is 8.05. The molecule has 3 N–H and O–H groups in total. The van der Waals surface area contributed by atoms with E-state index < -0.39 is 35.8 Å². The maximum atomic E-state index is 12.8. The molecule has 1 aromatic heterocycles. The fourth-order valence-electron chi connectivity index (χ4n) is 3.93. The molecule has 1 aliphatic carbocycles. The number of amides is 2. The van der Waals surface area contributed by atoms with Gasteiger partial charge in [-0.25, -0.2) is 9.36 Å². The van der Waals surface area contributed by atoms with Crippen LogP contribution >= 0.6 is 11.6 Å². The fourth-order valence-corrected chi connectivity index (χ4v) is 4.13. The molecule has 0 radical (unpaired) electrons. The molecule has 1 atom stereocenters. The van der Waals surface area contributed by atoms with E-state index in [2.05, 4.69) is 15.7 Å². The molecule has 1 fully saturated rings. The zero-order valence-electron chi connectivity index (χ0n) is 18.4. The van der Waals surface area contributed by atoms with E-state index in [1.807, 2.05) is 0 Å². The minimum atomic E-state index is -1.00. The quantitative estimate of drug-likeness (QED) is 0.405. The molecule has 1 unspecified atom stereocenters. The van der Waals surface area contributed by atoms with Crippen molar-refractivity contribution in [1.82, 2.24) is 25.0 Å². The van der Waals surface area contributed by atoms with Crippen molar-refractivity contribution in [2.75, 3.05) is 6.54 Å². The first kappa shape index (κ1) is 24.7. The number of hydrogen-bond acceptors (Lipinski definition) is 6. The molecular weight excluding hydrogens is 450 g/mol. The first-order valence-corrected chi connectivity index (χ1v) is 11.4. The molecule has 2 amide bonds. The molecule has 0 bridgehead atoms. The third kappa shape index (κ3) is 6.08. The van der Waals surface area contributed by atoms with Crippen molar-refractivity contribution in [1.29, 1.82) is 0 Å². The van der Waals surface area contributed by atoms with Gasteiger partial charge in [0.05, 0.1) is 16.3 Å². The molecule has 1 heterocycles. The fraction of sp³-hybridized carbons (Fsp3) is 0.500. The monoisotopic (exact) mass is 477 g/mol. The summed E-state index contributed by atoms with van der Waals surface area (Å²) in [5.74, 6) is -1.10. The molecule has 2 aromatic rings. The lowest BCUT2D eigenvalue weighted by Crippen LogP contribution is -2.44. The van der Waals surface area contributed by atoms with E-state index in [1.54, 1.807) is 6.92 Å². The number of rotatable bonds is 7. The van der Waals surface area contributed by atoms with Crippen LogP contribution < -0.4 is 21.9 Å². The summed E-state index contributed by atoms with van der Waals surface area (Å²) in [6.45, 7) is 1.62. The number of aliphatic hydroxyl groups is 1. The van der Waals surface area contributed by atoms with Crippen LogP contribution in [0.1, 0.15) is 55.8 Å². The van der Waals surface area contributed by atoms with Crippen LogP contribution in [0.3, 0.4) is 0 Å². The highest BCUT2D eigenvalue weighted by Crippen LogP contribution is 2.25. The van der Waals surface area contributed by atoms with E-state index in [1.165, 1.54) is 18.2 Å². The first-order valence-electron chi connectivity index (χ1n) is 11.1. The SMILES string of the molecule is CCNC(=O)Cn1c(=O)cnn(-c2ccc(Cl)c(C(=O)NC(O)C3CCCCCC3)c2)c1=O. The Kier molecular flexibility index (Phi) is 8.40. The predicted octanol–water partition coefficient (Wildman–Crippen LogP) is 1.20. The maximum Gasteiger partial charge on any atom is 0.352 e. The zero-order valence-corrected chi connectivity index (χ0v) is 19.2. The van der Waals surface area contributed by atoms with Crippen LogP contribution in [0, 0.1) is 5.92 Å². The van der Waals surface area contributed by atoms with Crippen LogP contribution in [-0.2, 0) is 11.3 Å². The number of aliphatic hydroxyl groups excluding tert-OH is 1. The third-order valence-corrected chi connectivity index (χ3v) is 6.03. The van der Waals surface area contributed by atoms with Gasteiger partial charge in [-0.15, -0.1) is 0 Å². The molecule has 11 heteroatoms. The van der Waals surface area contributed by atoms with E-state index in [9.17, 15) is 24.3 Å². The van der Waals surface area contributed by atoms with Crippen LogP contribution in [-0.4, -0.2) is 44.0 Å². The number of nitrogens with zero attached hydrogens (tertiary/aromatic N) is 3. The average Bonchev–Trinajstić information content (AvgIpc) is 3.07. The standard InChI is InChI=1S/C22H28ClN5O5/c1-2-24-18(29)13-27-19(30)12-25-28(22(27)33)15-9-10-17(23)16(11-15)21(32)26-20(31)14-7-5-3-4-6-8-14/h9-12,14,20,31H,2-8,13H2,1H3,(H,24,29)(H,26,32). The van der Waals surface area contributed by atoms with Gasteiger partial charge in [-0.05, 0) is 38.0 Å². The Labute approximate surface area is 195 Å². The lowest BCUT2D eigenvalue weighted by Gasteiger charge is -2.22. The van der Waals surface area contributed by atoms with Crippen LogP contribution in [0.2, 0.25) is 5.02 Å². The highest BCUT2D eigenvalue weighted by Gasteiger charge is 2.24. The summed E-state index contributed by atoms with van der Waals surface area (Å²) >= 11 is 6.22. The topological polar surface area (TPSA) is 135 Å². The number of carbonyl (C=O) groups is 2. The Hall–Kier alpha value is -2.98. The lowest BCUT2D eigenvalue weighted by atomic mass is 9.98. The minimum absolute atomic E-state index is 0.0273. The third-order valence-electron chi connectivity index (χ3n) is 5.70. The molecule has 0 saturated heterocycles. The van der Waals surface area contributed by atoms with Gasteiger partial charge in [0.1, 0.15) is 19.0 Å². The van der Waals surface area contributed by atoms with Crippen molar-refractivity contribution in [2.45, 2.75) is 58.2 Å². The van der Waals surface area contributed by atoms with Crippen molar-refractivity contribution in [3.63, 3.8) is 0 Å². The Bertz CT molecular complexity index is 1120. The number of halogens is 1. The molecule has 3 rings (SSSR count). The van der Waals surface area contributed by atoms with Gasteiger partial charge in [0.25, 0.3) is 11.5 Å². The Morgan fingerprint density at radius 2 is 1.91 bits per heavy atom. The van der Waals surface area contributed by atoms with Crippen molar-refractivity contribution >= 4 is 23.4 Å². The number of carbonyl (C=O) groups excluding carboxylic acids is 2. The maximum absolute atomic E-state index is 12.8. The molecular formula is C22H28ClN5O5. The number of benzene rings is 1. The van der Waals surface area contributed by atoms with E-state index in [0.29, 0.717) is 6.54 Å². The number of nitrogens with one attached hydrogen (secondary N) is 2. The van der Waals surface area contributed by atoms with E-state index in [-0.39, 0.29) is 22.2 Å². The second-order valence-corrected chi connectivity index (χ2v) is 8.46. The summed E-state index contributed by atoms with van der Waals surface area (Å²) in [4.78, 5) is 49.6. The molecule has 10 nitrogen and oxygen atoms in total. The number of hydrogen-bond donors (Lipinski definition) is 3. The smallest absolute Gasteiger partial charge is 0.352 e. The highest BCUT2D eigenvalue weighted by atomic mass is 35.5. The van der Waals surface area contributed by atoms with Gasteiger partial charge < -0.3 is 15.7 Å². The zero-order chi connectivity index (χ0) is 24.0. The summed E-state index contributed by atoms with van der Waals surface area (Å²) in [6.07, 6.45) is 5.84. The van der Waals surface area contributed by atoms with Crippen LogP contribution in [0.25, 0.3) is 5.69 Å². The Morgan fingerprint density at radius 3 is 2.58 bits per heavy atom. The molecule has 1 aliphatic rings. The summed E-state index contributed by atoms with van der Waals surface area (Å²) in [5.41, 5.74) is -1.32. The molecule has 33 heavy (non-hydrogen) atoms. The van der Waals surface area contributed by atoms with Gasteiger partial charge in [-0.1, -0.05) is 37.3 Å². The van der Waals surface area contributed by atoms with Crippen molar-refractivity contribution in [3.8, 4) is 5.69 Å². The predicted molar refractivity (Wildman–Crippen MR) is 122 cm³/mol. The van der Waals surface area contributed by atoms with Crippen LogP contribution in [0.5, 0.6) is 0 Å². The van der Waals surface area contributed by atoms with Gasteiger partial charge >= 0.3 is 5.69 Å². The second kappa shape index (κ2) is 11.2. The van der Waals surface area contributed by atoms with Crippen molar-refractivity contribution < 1.29 is 14.7 Å². The van der Waals surface area contributed by atoms with Gasteiger partial charge in [-0.3, -0.25) is 14.4 Å². The summed E-state index contributed by atoms with van der Waals surface area (Å²) in [7, 11) is 0. The largest absolute Gasteiger partial charge is 0.373 e. The molecule has 1 saturated carbocycles. The van der Waals surface area contributed by atoms with Crippen LogP contribution in [0.4, 0.5) is 0 Å².